The number of alkyl halides is 2. The van der Waals surface area contributed by atoms with Crippen molar-refractivity contribution in [2.75, 3.05) is 5.32 Å². The maximum absolute atomic E-state index is 12.6. The van der Waals surface area contributed by atoms with Gasteiger partial charge in [-0.15, -0.1) is 11.3 Å². The number of nitrogens with one attached hydrogen (secondary N) is 1. The highest BCUT2D eigenvalue weighted by molar-refractivity contribution is 7.14. The van der Waals surface area contributed by atoms with Crippen LogP contribution in [-0.4, -0.2) is 32.0 Å². The number of nitrogens with zero attached hydrogens (tertiary/aromatic N) is 4. The van der Waals surface area contributed by atoms with Gasteiger partial charge < -0.3 is 4.74 Å². The van der Waals surface area contributed by atoms with Gasteiger partial charge in [0.05, 0.1) is 11.3 Å². The molecule has 0 aliphatic rings. The number of ether oxygens (including phenoxy) is 1. The summed E-state index contributed by atoms with van der Waals surface area (Å²) in [7, 11) is 0. The van der Waals surface area contributed by atoms with Crippen molar-refractivity contribution in [3.05, 3.63) is 72.3 Å². The van der Waals surface area contributed by atoms with E-state index in [1.165, 1.54) is 23.6 Å². The van der Waals surface area contributed by atoms with Gasteiger partial charge >= 0.3 is 6.61 Å². The van der Waals surface area contributed by atoms with Gasteiger partial charge in [-0.1, -0.05) is 12.1 Å². The summed E-state index contributed by atoms with van der Waals surface area (Å²) in [6.07, 6.45) is 6.43. The molecule has 1 aromatic carbocycles. The van der Waals surface area contributed by atoms with Crippen molar-refractivity contribution in [1.29, 1.82) is 0 Å². The average molecular weight is 413 g/mol. The molecular formula is C19H13F2N5O2S. The third-order valence-corrected chi connectivity index (χ3v) is 4.64. The summed E-state index contributed by atoms with van der Waals surface area (Å²) in [4.78, 5) is 24.9. The van der Waals surface area contributed by atoms with Gasteiger partial charge in [0.25, 0.3) is 5.91 Å². The third kappa shape index (κ3) is 4.27. The number of thiazole rings is 1. The molecule has 4 rings (SSSR count). The van der Waals surface area contributed by atoms with E-state index in [1.54, 1.807) is 59.0 Å². The lowest BCUT2D eigenvalue weighted by atomic mass is 10.1. The fourth-order valence-corrected chi connectivity index (χ4v) is 3.27. The lowest BCUT2D eigenvalue weighted by Gasteiger charge is -2.08. The van der Waals surface area contributed by atoms with E-state index in [1.807, 2.05) is 0 Å². The van der Waals surface area contributed by atoms with E-state index in [9.17, 15) is 13.6 Å². The predicted molar refractivity (Wildman–Crippen MR) is 103 cm³/mol. The molecule has 4 aromatic rings. The van der Waals surface area contributed by atoms with Crippen LogP contribution in [0.15, 0.2) is 66.7 Å². The van der Waals surface area contributed by atoms with Crippen LogP contribution < -0.4 is 10.1 Å². The smallest absolute Gasteiger partial charge is 0.387 e. The largest absolute Gasteiger partial charge is 0.434 e. The first-order valence-corrected chi connectivity index (χ1v) is 9.23. The minimum absolute atomic E-state index is 0.0185. The molecule has 10 heteroatoms. The molecule has 0 saturated heterocycles. The van der Waals surface area contributed by atoms with Gasteiger partial charge in [0, 0.05) is 29.5 Å². The van der Waals surface area contributed by atoms with Crippen molar-refractivity contribution in [3.63, 3.8) is 0 Å². The molecule has 0 spiro atoms. The van der Waals surface area contributed by atoms with Crippen molar-refractivity contribution in [3.8, 4) is 22.8 Å². The van der Waals surface area contributed by atoms with E-state index in [-0.39, 0.29) is 11.7 Å². The fourth-order valence-electron chi connectivity index (χ4n) is 2.57. The van der Waals surface area contributed by atoms with E-state index < -0.39 is 6.61 Å². The predicted octanol–water partition coefficient (Wildman–Crippen LogP) is 4.24. The molecular weight excluding hydrogens is 400 g/mol. The molecule has 0 fully saturated rings. The topological polar surface area (TPSA) is 81.9 Å². The monoisotopic (exact) mass is 413 g/mol. The number of rotatable bonds is 6. The van der Waals surface area contributed by atoms with Gasteiger partial charge in [0.2, 0.25) is 0 Å². The number of anilines is 1. The van der Waals surface area contributed by atoms with E-state index in [0.717, 1.165) is 0 Å². The molecule has 7 nitrogen and oxygen atoms in total. The molecule has 0 bridgehead atoms. The second-order valence-corrected chi connectivity index (χ2v) is 6.60. The van der Waals surface area contributed by atoms with Gasteiger partial charge in [0.1, 0.15) is 17.9 Å². The molecule has 0 saturated carbocycles. The van der Waals surface area contributed by atoms with Crippen LogP contribution in [0.2, 0.25) is 0 Å². The van der Waals surface area contributed by atoms with Crippen LogP contribution in [0.4, 0.5) is 13.9 Å². The summed E-state index contributed by atoms with van der Waals surface area (Å²) < 4.78 is 31.4. The standard InChI is InChI=1S/C19H13F2N5O2S/c20-18(21)28-15-4-2-1-3-13(15)14-10-29-19(24-14)25-17(27)12-5-6-16(23-9-12)26-8-7-22-11-26/h1-11,18H,(H,24,25,27). The normalized spacial score (nSPS) is 10.9. The minimum Gasteiger partial charge on any atom is -0.434 e. The number of carbonyl (C=O) groups excluding carboxylic acids is 1. The Hall–Kier alpha value is -3.66. The highest BCUT2D eigenvalue weighted by Gasteiger charge is 2.15. The Labute approximate surface area is 167 Å². The number of hydrogen-bond acceptors (Lipinski definition) is 6. The SMILES string of the molecule is O=C(Nc1nc(-c2ccccc2OC(F)F)cs1)c1ccc(-n2ccnc2)nc1. The second kappa shape index (κ2) is 8.15. The maximum atomic E-state index is 12.6. The van der Waals surface area contributed by atoms with Crippen LogP contribution in [0.1, 0.15) is 10.4 Å². The highest BCUT2D eigenvalue weighted by atomic mass is 32.1. The van der Waals surface area contributed by atoms with Crippen LogP contribution in [0.25, 0.3) is 17.1 Å². The lowest BCUT2D eigenvalue weighted by molar-refractivity contribution is -0.0494. The van der Waals surface area contributed by atoms with Gasteiger partial charge in [-0.25, -0.2) is 15.0 Å². The number of pyridine rings is 1. The van der Waals surface area contributed by atoms with Gasteiger partial charge in [-0.2, -0.15) is 8.78 Å². The van der Waals surface area contributed by atoms with E-state index in [0.29, 0.717) is 27.8 Å². The molecule has 3 aromatic heterocycles. The van der Waals surface area contributed by atoms with Gasteiger partial charge in [0.15, 0.2) is 5.13 Å². The Kier molecular flexibility index (Phi) is 5.25. The van der Waals surface area contributed by atoms with Gasteiger partial charge in [-0.05, 0) is 24.3 Å². The number of hydrogen-bond donors (Lipinski definition) is 1. The average Bonchev–Trinajstić information content (AvgIpc) is 3.40. The number of halogens is 2. The summed E-state index contributed by atoms with van der Waals surface area (Å²) >= 11 is 1.18. The van der Waals surface area contributed by atoms with E-state index in [4.69, 9.17) is 0 Å². The van der Waals surface area contributed by atoms with Crippen molar-refractivity contribution >= 4 is 22.4 Å². The van der Waals surface area contributed by atoms with Crippen LogP contribution in [-0.2, 0) is 0 Å². The molecule has 1 N–H and O–H groups in total. The molecule has 0 radical (unpaired) electrons. The quantitative estimate of drug-likeness (QED) is 0.511. The van der Waals surface area contributed by atoms with Crippen molar-refractivity contribution in [2.24, 2.45) is 0 Å². The first-order valence-electron chi connectivity index (χ1n) is 8.35. The number of para-hydroxylation sites is 1. The van der Waals surface area contributed by atoms with Crippen molar-refractivity contribution in [1.82, 2.24) is 19.5 Å². The summed E-state index contributed by atoms with van der Waals surface area (Å²) in [5, 5.41) is 4.67. The summed E-state index contributed by atoms with van der Waals surface area (Å²) in [6, 6.07) is 9.68. The first-order chi connectivity index (χ1) is 14.1. The fraction of sp³-hybridized carbons (Fsp3) is 0.0526. The van der Waals surface area contributed by atoms with Crippen LogP contribution in [0, 0.1) is 0 Å². The summed E-state index contributed by atoms with van der Waals surface area (Å²) in [5.41, 5.74) is 1.19. The Bertz CT molecular complexity index is 1110. The zero-order valence-corrected chi connectivity index (χ0v) is 15.5. The number of amides is 1. The van der Waals surface area contributed by atoms with Crippen LogP contribution in [0.3, 0.4) is 0 Å². The molecule has 0 aliphatic heterocycles. The molecule has 3 heterocycles. The lowest BCUT2D eigenvalue weighted by Crippen LogP contribution is -2.12. The Morgan fingerprint density at radius 3 is 2.79 bits per heavy atom. The number of aromatic nitrogens is 4. The molecule has 0 unspecified atom stereocenters. The Morgan fingerprint density at radius 1 is 1.21 bits per heavy atom. The molecule has 0 atom stereocenters. The summed E-state index contributed by atoms with van der Waals surface area (Å²) in [5.74, 6) is 0.267. The minimum atomic E-state index is -2.94. The number of benzene rings is 1. The second-order valence-electron chi connectivity index (χ2n) is 5.74. The van der Waals surface area contributed by atoms with Crippen LogP contribution >= 0.6 is 11.3 Å². The zero-order valence-electron chi connectivity index (χ0n) is 14.7. The Balaban J connectivity index is 1.49. The summed E-state index contributed by atoms with van der Waals surface area (Å²) in [6.45, 7) is -2.94. The maximum Gasteiger partial charge on any atom is 0.387 e. The van der Waals surface area contributed by atoms with E-state index >= 15 is 0 Å². The molecule has 146 valence electrons. The molecule has 0 aliphatic carbocycles. The third-order valence-electron chi connectivity index (χ3n) is 3.88. The molecule has 29 heavy (non-hydrogen) atoms. The number of carbonyl (C=O) groups is 1. The van der Waals surface area contributed by atoms with E-state index in [2.05, 4.69) is 25.0 Å². The molecule has 1 amide bonds. The zero-order chi connectivity index (χ0) is 20.2. The van der Waals surface area contributed by atoms with Gasteiger partial charge in [-0.3, -0.25) is 14.7 Å². The number of imidazole rings is 1. The van der Waals surface area contributed by atoms with Crippen molar-refractivity contribution < 1.29 is 18.3 Å². The Morgan fingerprint density at radius 2 is 2.07 bits per heavy atom. The first kappa shape index (κ1) is 18.7. The van der Waals surface area contributed by atoms with Crippen molar-refractivity contribution in [2.45, 2.75) is 6.61 Å². The highest BCUT2D eigenvalue weighted by Crippen LogP contribution is 2.33. The van der Waals surface area contributed by atoms with Crippen LogP contribution in [0.5, 0.6) is 5.75 Å².